The normalized spacial score (nSPS) is 23.6. The van der Waals surface area contributed by atoms with Crippen LogP contribution in [0, 0.1) is 11.8 Å². The fourth-order valence-corrected chi connectivity index (χ4v) is 4.76. The number of methoxy groups -OCH3 is 1. The van der Waals surface area contributed by atoms with Crippen LogP contribution in [0.15, 0.2) is 51.3 Å². The summed E-state index contributed by atoms with van der Waals surface area (Å²) < 4.78 is 11.1. The summed E-state index contributed by atoms with van der Waals surface area (Å²) >= 11 is 3.57. The maximum Gasteiger partial charge on any atom is 0.336 e. The molecule has 1 aromatic rings. The Hall–Kier alpha value is -2.41. The van der Waals surface area contributed by atoms with Crippen molar-refractivity contribution < 1.29 is 23.9 Å². The molecule has 0 spiro atoms. The number of esters is 2. The van der Waals surface area contributed by atoms with E-state index in [4.69, 9.17) is 9.47 Å². The lowest BCUT2D eigenvalue weighted by Crippen LogP contribution is -2.43. The molecule has 3 atom stereocenters. The molecule has 7 heteroatoms. The monoisotopic (exact) mass is 475 g/mol. The standard InChI is InChI=1S/C23H26BrNO5/c1-5-10-30-23(28)18-13(3)25-16-11-12(2)17(22(27)29-4)21(26)20(16)19(18)14-8-6-7-9-15(14)24/h6-9,12,17,19,25H,5,10-11H2,1-4H3/t12-,17+,19+/m1/s1. The number of nitrogens with one attached hydrogen (secondary N) is 1. The van der Waals surface area contributed by atoms with Crippen LogP contribution in [0.4, 0.5) is 0 Å². The number of ether oxygens (including phenoxy) is 2. The molecule has 0 saturated carbocycles. The Morgan fingerprint density at radius 2 is 1.97 bits per heavy atom. The molecule has 160 valence electrons. The Labute approximate surface area is 184 Å². The highest BCUT2D eigenvalue weighted by Crippen LogP contribution is 2.46. The Morgan fingerprint density at radius 1 is 1.27 bits per heavy atom. The van der Waals surface area contributed by atoms with Crippen molar-refractivity contribution in [2.45, 2.75) is 39.5 Å². The third-order valence-corrected chi connectivity index (χ3v) is 6.34. The third-order valence-electron chi connectivity index (χ3n) is 5.62. The zero-order valence-corrected chi connectivity index (χ0v) is 19.2. The zero-order valence-electron chi connectivity index (χ0n) is 17.6. The number of rotatable bonds is 5. The topological polar surface area (TPSA) is 81.7 Å². The molecule has 0 bridgehead atoms. The molecule has 1 aliphatic carbocycles. The molecule has 3 rings (SSSR count). The summed E-state index contributed by atoms with van der Waals surface area (Å²) in [5.41, 5.74) is 3.01. The molecule has 0 unspecified atom stereocenters. The van der Waals surface area contributed by atoms with Crippen molar-refractivity contribution >= 4 is 33.7 Å². The number of hydrogen-bond donors (Lipinski definition) is 1. The van der Waals surface area contributed by atoms with Gasteiger partial charge in [-0.3, -0.25) is 9.59 Å². The number of Topliss-reactive ketones (excluding diaryl/α,β-unsaturated/α-hetero) is 1. The van der Waals surface area contributed by atoms with E-state index < -0.39 is 23.8 Å². The fourth-order valence-electron chi connectivity index (χ4n) is 4.24. The molecule has 0 saturated heterocycles. The van der Waals surface area contributed by atoms with E-state index in [0.717, 1.165) is 15.7 Å². The highest BCUT2D eigenvalue weighted by Gasteiger charge is 2.47. The summed E-state index contributed by atoms with van der Waals surface area (Å²) in [5, 5.41) is 3.25. The number of carbonyl (C=O) groups excluding carboxylic acids is 3. The number of benzene rings is 1. The number of carbonyl (C=O) groups is 3. The van der Waals surface area contributed by atoms with Crippen LogP contribution in [0.5, 0.6) is 0 Å². The Kier molecular flexibility index (Phi) is 6.81. The van der Waals surface area contributed by atoms with Gasteiger partial charge in [-0.05, 0) is 37.3 Å². The van der Waals surface area contributed by atoms with Crippen LogP contribution in [0.1, 0.15) is 45.1 Å². The molecule has 6 nitrogen and oxygen atoms in total. The van der Waals surface area contributed by atoms with Gasteiger partial charge in [-0.15, -0.1) is 0 Å². The summed E-state index contributed by atoms with van der Waals surface area (Å²) in [4.78, 5) is 39.0. The summed E-state index contributed by atoms with van der Waals surface area (Å²) in [6.45, 7) is 5.90. The van der Waals surface area contributed by atoms with Crippen molar-refractivity contribution in [3.63, 3.8) is 0 Å². The van der Waals surface area contributed by atoms with Crippen molar-refractivity contribution in [2.75, 3.05) is 13.7 Å². The van der Waals surface area contributed by atoms with E-state index in [9.17, 15) is 14.4 Å². The maximum atomic E-state index is 13.6. The maximum absolute atomic E-state index is 13.6. The van der Waals surface area contributed by atoms with Crippen LogP contribution < -0.4 is 5.32 Å². The molecule has 30 heavy (non-hydrogen) atoms. The summed E-state index contributed by atoms with van der Waals surface area (Å²) in [6, 6.07) is 7.48. The Morgan fingerprint density at radius 3 is 2.60 bits per heavy atom. The summed E-state index contributed by atoms with van der Waals surface area (Å²) in [5.74, 6) is -3.06. The van der Waals surface area contributed by atoms with Crippen molar-refractivity contribution in [3.8, 4) is 0 Å². The van der Waals surface area contributed by atoms with Gasteiger partial charge in [0.25, 0.3) is 0 Å². The molecule has 1 N–H and O–H groups in total. The zero-order chi connectivity index (χ0) is 22.0. The molecule has 1 aliphatic heterocycles. The number of ketones is 1. The van der Waals surface area contributed by atoms with Crippen LogP contribution >= 0.6 is 15.9 Å². The van der Waals surface area contributed by atoms with Crippen LogP contribution in [-0.4, -0.2) is 31.4 Å². The first-order chi connectivity index (χ1) is 14.3. The van der Waals surface area contributed by atoms with Crippen LogP contribution in [-0.2, 0) is 23.9 Å². The van der Waals surface area contributed by atoms with Gasteiger partial charge in [0.2, 0.25) is 0 Å². The predicted octanol–water partition coefficient (Wildman–Crippen LogP) is 4.02. The van der Waals surface area contributed by atoms with Crippen molar-refractivity contribution in [3.05, 3.63) is 56.8 Å². The third kappa shape index (κ3) is 3.95. The van der Waals surface area contributed by atoms with Gasteiger partial charge in [-0.2, -0.15) is 0 Å². The number of halogens is 1. The number of allylic oxidation sites excluding steroid dienone is 3. The van der Waals surface area contributed by atoms with Crippen LogP contribution in [0.25, 0.3) is 0 Å². The largest absolute Gasteiger partial charge is 0.468 e. The highest BCUT2D eigenvalue weighted by molar-refractivity contribution is 9.10. The van der Waals surface area contributed by atoms with Crippen LogP contribution in [0.3, 0.4) is 0 Å². The van der Waals surface area contributed by atoms with E-state index >= 15 is 0 Å². The van der Waals surface area contributed by atoms with Gasteiger partial charge in [0, 0.05) is 27.4 Å². The van der Waals surface area contributed by atoms with Crippen LogP contribution in [0.2, 0.25) is 0 Å². The second-order valence-electron chi connectivity index (χ2n) is 7.69. The van der Waals surface area contributed by atoms with Gasteiger partial charge in [-0.25, -0.2) is 4.79 Å². The van der Waals surface area contributed by atoms with Gasteiger partial charge in [0.1, 0.15) is 5.92 Å². The molecule has 2 aliphatic rings. The second kappa shape index (κ2) is 9.16. The second-order valence-corrected chi connectivity index (χ2v) is 8.55. The quantitative estimate of drug-likeness (QED) is 0.511. The minimum Gasteiger partial charge on any atom is -0.468 e. The smallest absolute Gasteiger partial charge is 0.336 e. The first-order valence-electron chi connectivity index (χ1n) is 10.1. The average molecular weight is 476 g/mol. The van der Waals surface area contributed by atoms with E-state index in [1.165, 1.54) is 7.11 Å². The van der Waals surface area contributed by atoms with E-state index in [1.807, 2.05) is 45.0 Å². The van der Waals surface area contributed by atoms with Gasteiger partial charge < -0.3 is 14.8 Å². The van der Waals surface area contributed by atoms with E-state index in [0.29, 0.717) is 36.3 Å². The lowest BCUT2D eigenvalue weighted by molar-refractivity contribution is -0.151. The Bertz CT molecular complexity index is 949. The molecule has 0 aromatic heterocycles. The summed E-state index contributed by atoms with van der Waals surface area (Å²) in [7, 11) is 1.29. The fraction of sp³-hybridized carbons (Fsp3) is 0.435. The molecular weight excluding hydrogens is 450 g/mol. The van der Waals surface area contributed by atoms with Crippen molar-refractivity contribution in [1.29, 1.82) is 0 Å². The molecule has 1 aromatic carbocycles. The number of dihydropyridines is 1. The SMILES string of the molecule is CCCOC(=O)C1=C(C)NC2=C(C(=O)[C@@H](C(=O)OC)[C@H](C)C2)[C@H]1c1ccccc1Br. The lowest BCUT2D eigenvalue weighted by atomic mass is 9.69. The molecule has 1 heterocycles. The lowest BCUT2D eigenvalue weighted by Gasteiger charge is -2.38. The van der Waals surface area contributed by atoms with Gasteiger partial charge in [0.05, 0.1) is 19.3 Å². The summed E-state index contributed by atoms with van der Waals surface area (Å²) in [6.07, 6.45) is 1.20. The molecule has 0 fully saturated rings. The molecule has 0 amide bonds. The highest BCUT2D eigenvalue weighted by atomic mass is 79.9. The minimum atomic E-state index is -0.896. The van der Waals surface area contributed by atoms with E-state index in [-0.39, 0.29) is 11.7 Å². The minimum absolute atomic E-state index is 0.211. The first kappa shape index (κ1) is 22.3. The molecular formula is C23H26BrNO5. The number of hydrogen-bond acceptors (Lipinski definition) is 6. The van der Waals surface area contributed by atoms with E-state index in [1.54, 1.807) is 0 Å². The van der Waals surface area contributed by atoms with Gasteiger partial charge in [0.15, 0.2) is 5.78 Å². The Balaban J connectivity index is 2.18. The van der Waals surface area contributed by atoms with Crippen molar-refractivity contribution in [2.24, 2.45) is 11.8 Å². The predicted molar refractivity (Wildman–Crippen MR) is 115 cm³/mol. The van der Waals surface area contributed by atoms with Gasteiger partial charge in [-0.1, -0.05) is 48.0 Å². The van der Waals surface area contributed by atoms with Gasteiger partial charge >= 0.3 is 11.9 Å². The average Bonchev–Trinajstić information content (AvgIpc) is 2.71. The first-order valence-corrected chi connectivity index (χ1v) is 10.8. The molecule has 0 radical (unpaired) electrons. The van der Waals surface area contributed by atoms with Crippen molar-refractivity contribution in [1.82, 2.24) is 5.32 Å². The van der Waals surface area contributed by atoms with E-state index in [2.05, 4.69) is 21.2 Å².